The minimum absolute atomic E-state index is 0.218. The van der Waals surface area contributed by atoms with Crippen LogP contribution < -0.4 is 4.90 Å². The fraction of sp³-hybridized carbons (Fsp3) is 0.324. The van der Waals surface area contributed by atoms with E-state index in [0.29, 0.717) is 16.9 Å². The molecule has 0 radical (unpaired) electrons. The maximum Gasteiger partial charge on any atom is 0.477 e. The third-order valence-corrected chi connectivity index (χ3v) is 8.59. The predicted octanol–water partition coefficient (Wildman–Crippen LogP) is 8.66. The maximum atomic E-state index is 13.9. The number of phosphoric ester groups is 1. The predicted molar refractivity (Wildman–Crippen MR) is 174 cm³/mol. The van der Waals surface area contributed by atoms with Crippen molar-refractivity contribution in [2.45, 2.75) is 65.9 Å². The molecule has 44 heavy (non-hydrogen) atoms. The number of pyridine rings is 1. The maximum absolute atomic E-state index is 13.9. The van der Waals surface area contributed by atoms with Crippen LogP contribution >= 0.6 is 7.82 Å². The normalized spacial score (nSPS) is 13.0. The number of rotatable bonds is 9. The lowest BCUT2D eigenvalue weighted by Crippen LogP contribution is -2.25. The number of nitrogens with zero attached hydrogens (tertiary/aromatic N) is 4. The van der Waals surface area contributed by atoms with Crippen molar-refractivity contribution in [1.82, 2.24) is 9.55 Å². The van der Waals surface area contributed by atoms with Gasteiger partial charge in [-0.05, 0) is 96.0 Å². The van der Waals surface area contributed by atoms with Gasteiger partial charge >= 0.3 is 7.82 Å². The molecule has 2 aromatic heterocycles. The second-order valence-corrected chi connectivity index (χ2v) is 13.9. The van der Waals surface area contributed by atoms with Crippen molar-refractivity contribution in [2.24, 2.45) is 0 Å². The van der Waals surface area contributed by atoms with E-state index in [1.54, 1.807) is 72.3 Å². The molecule has 1 unspecified atom stereocenters. The monoisotopic (exact) mass is 614 g/mol. The molecule has 0 fully saturated rings. The highest BCUT2D eigenvalue weighted by Crippen LogP contribution is 2.57. The topological polar surface area (TPSA) is 107 Å². The van der Waals surface area contributed by atoms with Gasteiger partial charge in [0.2, 0.25) is 5.91 Å². The minimum atomic E-state index is -4.05. The van der Waals surface area contributed by atoms with Gasteiger partial charge < -0.3 is 9.47 Å². The molecule has 0 aliphatic heterocycles. The first kappa shape index (κ1) is 32.8. The minimum Gasteiger partial charge on any atom is -0.312 e. The highest BCUT2D eigenvalue weighted by Gasteiger charge is 2.39. The Morgan fingerprint density at radius 2 is 1.66 bits per heavy atom. The largest absolute Gasteiger partial charge is 0.477 e. The van der Waals surface area contributed by atoms with Crippen molar-refractivity contribution in [2.75, 3.05) is 11.9 Å². The van der Waals surface area contributed by atoms with Crippen molar-refractivity contribution in [3.05, 3.63) is 85.2 Å². The molecule has 0 saturated carbocycles. The molecule has 9 nitrogen and oxygen atoms in total. The Morgan fingerprint density at radius 1 is 1.02 bits per heavy atom. The highest BCUT2D eigenvalue weighted by atomic mass is 31.2. The number of aromatic nitrogens is 2. The van der Waals surface area contributed by atoms with Crippen LogP contribution in [-0.2, 0) is 22.9 Å². The van der Waals surface area contributed by atoms with Gasteiger partial charge in [-0.1, -0.05) is 30.8 Å². The third-order valence-electron chi connectivity index (χ3n) is 6.49. The number of phosphoric acid groups is 1. The van der Waals surface area contributed by atoms with E-state index in [0.717, 1.165) is 27.6 Å². The van der Waals surface area contributed by atoms with Crippen LogP contribution in [0.3, 0.4) is 0 Å². The van der Waals surface area contributed by atoms with E-state index in [4.69, 9.17) is 18.6 Å². The van der Waals surface area contributed by atoms with Gasteiger partial charge in [-0.3, -0.25) is 18.4 Å². The van der Waals surface area contributed by atoms with Crippen LogP contribution in [0.4, 0.5) is 5.69 Å². The fourth-order valence-corrected chi connectivity index (χ4v) is 6.62. The van der Waals surface area contributed by atoms with E-state index in [1.165, 1.54) is 11.0 Å². The van der Waals surface area contributed by atoms with Crippen LogP contribution in [0, 0.1) is 11.3 Å². The summed E-state index contributed by atoms with van der Waals surface area (Å²) >= 11 is 0. The number of hydrogen-bond acceptors (Lipinski definition) is 7. The van der Waals surface area contributed by atoms with Crippen LogP contribution in [0.1, 0.15) is 60.3 Å². The lowest BCUT2D eigenvalue weighted by molar-refractivity contribution is -0.113. The lowest BCUT2D eigenvalue weighted by atomic mass is 10.0. The summed E-state index contributed by atoms with van der Waals surface area (Å²) < 4.78 is 33.6. The Hall–Kier alpha value is -4.06. The van der Waals surface area contributed by atoms with Crippen molar-refractivity contribution >= 4 is 30.5 Å². The highest BCUT2D eigenvalue weighted by molar-refractivity contribution is 7.48. The lowest BCUT2D eigenvalue weighted by Gasteiger charge is -2.32. The molecule has 0 spiro atoms. The number of benzene rings is 2. The molecule has 4 rings (SSSR count). The van der Waals surface area contributed by atoms with Gasteiger partial charge in [0.05, 0.1) is 22.8 Å². The first-order valence-electron chi connectivity index (χ1n) is 14.2. The number of carbonyl (C=O) groups is 1. The second kappa shape index (κ2) is 12.5. The van der Waals surface area contributed by atoms with Gasteiger partial charge in [-0.15, -0.1) is 0 Å². The van der Waals surface area contributed by atoms with Crippen molar-refractivity contribution in [3.63, 3.8) is 0 Å². The number of nitriles is 1. The van der Waals surface area contributed by atoms with Gasteiger partial charge in [0.15, 0.2) is 0 Å². The van der Waals surface area contributed by atoms with E-state index in [1.807, 2.05) is 54.7 Å². The first-order valence-corrected chi connectivity index (χ1v) is 15.7. The number of carbonyl (C=O) groups excluding carboxylic acids is 1. The van der Waals surface area contributed by atoms with Crippen LogP contribution in [0.2, 0.25) is 0 Å². The van der Waals surface area contributed by atoms with Crippen molar-refractivity contribution in [3.8, 4) is 28.3 Å². The number of fused-ring (bicyclic) bond motifs is 1. The molecule has 4 aromatic rings. The van der Waals surface area contributed by atoms with Crippen molar-refractivity contribution < 1.29 is 22.9 Å². The number of amides is 1. The molecule has 0 aliphatic carbocycles. The molecule has 1 atom stereocenters. The Morgan fingerprint density at radius 3 is 2.27 bits per heavy atom. The zero-order valence-electron chi connectivity index (χ0n) is 26.5. The summed E-state index contributed by atoms with van der Waals surface area (Å²) in [6, 6.07) is 19.1. The van der Waals surface area contributed by atoms with E-state index < -0.39 is 25.3 Å². The SMILES string of the molecule is C=CC(=O)N(C)c1cccc(-c2cnc3c(c2)c(-c2cccc(C#N)c2)cn3C(C)OP(=O)(OC(C)(C)C)OC(C)(C)C)c1. The summed E-state index contributed by atoms with van der Waals surface area (Å²) in [5.74, 6) is -0.218. The average molecular weight is 615 g/mol. The van der Waals surface area contributed by atoms with E-state index >= 15 is 0 Å². The summed E-state index contributed by atoms with van der Waals surface area (Å²) in [4.78, 5) is 18.6. The first-order chi connectivity index (χ1) is 20.5. The van der Waals surface area contributed by atoms with Crippen LogP contribution in [0.25, 0.3) is 33.3 Å². The molecule has 10 heteroatoms. The Bertz CT molecular complexity index is 1770. The fourth-order valence-electron chi connectivity index (χ4n) is 4.68. The second-order valence-electron chi connectivity index (χ2n) is 12.4. The molecular formula is C34H39N4O5P. The molecule has 2 aromatic carbocycles. The number of likely N-dealkylation sites (N-methyl/N-ethyl adjacent to an activating group) is 1. The number of anilines is 1. The molecule has 0 aliphatic rings. The molecular weight excluding hydrogens is 575 g/mol. The van der Waals surface area contributed by atoms with Crippen LogP contribution in [-0.4, -0.2) is 33.7 Å². The summed E-state index contributed by atoms with van der Waals surface area (Å²) in [6.07, 6.45) is 4.08. The van der Waals surface area contributed by atoms with Crippen LogP contribution in [0.5, 0.6) is 0 Å². The summed E-state index contributed by atoms with van der Waals surface area (Å²) in [6.45, 7) is 16.0. The Labute approximate surface area is 259 Å². The van der Waals surface area contributed by atoms with E-state index in [9.17, 15) is 14.6 Å². The quantitative estimate of drug-likeness (QED) is 0.137. The van der Waals surface area contributed by atoms with Gasteiger partial charge in [-0.25, -0.2) is 9.55 Å². The zero-order chi connectivity index (χ0) is 32.4. The van der Waals surface area contributed by atoms with Gasteiger partial charge in [0.25, 0.3) is 0 Å². The van der Waals surface area contributed by atoms with Gasteiger partial charge in [0, 0.05) is 41.6 Å². The van der Waals surface area contributed by atoms with Gasteiger partial charge in [-0.2, -0.15) is 5.26 Å². The van der Waals surface area contributed by atoms with Gasteiger partial charge in [0.1, 0.15) is 11.9 Å². The summed E-state index contributed by atoms with van der Waals surface area (Å²) in [5.41, 5.74) is 3.50. The van der Waals surface area contributed by atoms with Crippen LogP contribution in [0.15, 0.2) is 79.6 Å². The van der Waals surface area contributed by atoms with Crippen molar-refractivity contribution in [1.29, 1.82) is 5.26 Å². The van der Waals surface area contributed by atoms with E-state index in [-0.39, 0.29) is 5.91 Å². The standard InChI is InChI=1S/C34H39N4O5P/c1-10-31(39)37(9)28-16-12-14-25(18-28)27-19-29-30(26-15-11-13-24(17-26)20-35)22-38(32(29)36-21-27)23(2)41-44(40,42-33(3,4)5)43-34(6,7)8/h10-19,21-23H,1H2,2-9H3. The number of hydrogen-bond donors (Lipinski definition) is 0. The smallest absolute Gasteiger partial charge is 0.312 e. The molecule has 0 saturated heterocycles. The Balaban J connectivity index is 1.86. The summed E-state index contributed by atoms with van der Waals surface area (Å²) in [5, 5.41) is 10.4. The molecule has 2 heterocycles. The third kappa shape index (κ3) is 7.71. The summed E-state index contributed by atoms with van der Waals surface area (Å²) in [7, 11) is -2.36. The Kier molecular flexibility index (Phi) is 9.34. The zero-order valence-corrected chi connectivity index (χ0v) is 27.4. The van der Waals surface area contributed by atoms with E-state index in [2.05, 4.69) is 12.6 Å². The average Bonchev–Trinajstić information content (AvgIpc) is 3.33. The molecule has 1 amide bonds. The molecule has 0 N–H and O–H groups in total. The molecule has 0 bridgehead atoms. The molecule has 230 valence electrons.